The monoisotopic (exact) mass is 259 g/mol. The van der Waals surface area contributed by atoms with Gasteiger partial charge >= 0.3 is 0 Å². The van der Waals surface area contributed by atoms with Gasteiger partial charge in [0.2, 0.25) is 0 Å². The van der Waals surface area contributed by atoms with Crippen LogP contribution in [0.1, 0.15) is 51.6 Å². The molecule has 0 aliphatic carbocycles. The van der Waals surface area contributed by atoms with Crippen molar-refractivity contribution in [1.82, 2.24) is 14.7 Å². The Morgan fingerprint density at radius 2 is 2.16 bits per heavy atom. The normalized spacial score (nSPS) is 12.9. The van der Waals surface area contributed by atoms with Gasteiger partial charge in [0, 0.05) is 25.0 Å². The molecule has 0 saturated carbocycles. The van der Waals surface area contributed by atoms with Crippen molar-refractivity contribution in [1.29, 1.82) is 0 Å². The molecule has 0 aromatic carbocycles. The van der Waals surface area contributed by atoms with Crippen LogP contribution in [0.3, 0.4) is 0 Å². The molecule has 0 saturated heterocycles. The Labute approximate surface area is 116 Å². The van der Waals surface area contributed by atoms with Gasteiger partial charge in [-0.05, 0) is 25.5 Å². The fraction of sp³-hybridized carbons (Fsp3) is 0.562. The Morgan fingerprint density at radius 3 is 2.95 bits per heavy atom. The van der Waals surface area contributed by atoms with Crippen molar-refractivity contribution in [3.05, 3.63) is 36.3 Å². The molecule has 19 heavy (non-hydrogen) atoms. The zero-order valence-corrected chi connectivity index (χ0v) is 12.1. The maximum Gasteiger partial charge on any atom is 0.137 e. The molecule has 2 aromatic rings. The molecule has 0 amide bonds. The van der Waals surface area contributed by atoms with E-state index in [2.05, 4.69) is 34.7 Å². The van der Waals surface area contributed by atoms with Crippen molar-refractivity contribution < 1.29 is 0 Å². The molecule has 0 fully saturated rings. The molecule has 2 aromatic heterocycles. The molecular formula is C16H25N3. The van der Waals surface area contributed by atoms with Gasteiger partial charge in [-0.2, -0.15) is 0 Å². The van der Waals surface area contributed by atoms with E-state index < -0.39 is 0 Å². The maximum absolute atomic E-state index is 4.59. The minimum atomic E-state index is 0.571. The third kappa shape index (κ3) is 4.35. The van der Waals surface area contributed by atoms with Crippen LogP contribution < -0.4 is 5.32 Å². The van der Waals surface area contributed by atoms with E-state index in [0.29, 0.717) is 6.04 Å². The molecule has 0 bridgehead atoms. The van der Waals surface area contributed by atoms with Gasteiger partial charge in [0.15, 0.2) is 0 Å². The largest absolute Gasteiger partial charge is 0.309 e. The molecular weight excluding hydrogens is 234 g/mol. The van der Waals surface area contributed by atoms with Gasteiger partial charge in [-0.25, -0.2) is 4.98 Å². The maximum atomic E-state index is 4.59. The molecule has 0 spiro atoms. The number of nitrogens with zero attached hydrogens (tertiary/aromatic N) is 2. The number of imidazole rings is 1. The first kappa shape index (κ1) is 14.1. The summed E-state index contributed by atoms with van der Waals surface area (Å²) in [5.41, 5.74) is 2.14. The van der Waals surface area contributed by atoms with E-state index in [1.54, 1.807) is 0 Å². The summed E-state index contributed by atoms with van der Waals surface area (Å²) in [7, 11) is 0. The van der Waals surface area contributed by atoms with Crippen molar-refractivity contribution >= 4 is 5.65 Å². The Hall–Kier alpha value is -1.35. The third-order valence-corrected chi connectivity index (χ3v) is 3.54. The Morgan fingerprint density at radius 1 is 1.26 bits per heavy atom. The van der Waals surface area contributed by atoms with E-state index in [1.165, 1.54) is 32.1 Å². The molecule has 1 unspecified atom stereocenters. The highest BCUT2D eigenvalue weighted by molar-refractivity contribution is 5.39. The van der Waals surface area contributed by atoms with E-state index >= 15 is 0 Å². The van der Waals surface area contributed by atoms with Crippen LogP contribution in [0, 0.1) is 0 Å². The first-order chi connectivity index (χ1) is 9.29. The van der Waals surface area contributed by atoms with Crippen molar-refractivity contribution in [2.24, 2.45) is 0 Å². The lowest BCUT2D eigenvalue weighted by Crippen LogP contribution is -2.25. The highest BCUT2D eigenvalue weighted by Crippen LogP contribution is 2.07. The highest BCUT2D eigenvalue weighted by atomic mass is 15.0. The smallest absolute Gasteiger partial charge is 0.137 e. The lowest BCUT2D eigenvalue weighted by atomic mass is 10.1. The Balaban J connectivity index is 1.75. The number of unbranched alkanes of at least 4 members (excludes halogenated alkanes) is 3. The van der Waals surface area contributed by atoms with Crippen LogP contribution in [0.4, 0.5) is 0 Å². The number of hydrogen-bond donors (Lipinski definition) is 1. The number of pyridine rings is 1. The summed E-state index contributed by atoms with van der Waals surface area (Å²) < 4.78 is 2.07. The lowest BCUT2D eigenvalue weighted by Gasteiger charge is -2.12. The van der Waals surface area contributed by atoms with Crippen LogP contribution in [0.2, 0.25) is 0 Å². The quantitative estimate of drug-likeness (QED) is 0.731. The Bertz CT molecular complexity index is 456. The summed E-state index contributed by atoms with van der Waals surface area (Å²) in [4.78, 5) is 4.59. The van der Waals surface area contributed by atoms with E-state index in [1.807, 2.05) is 24.4 Å². The zero-order chi connectivity index (χ0) is 13.5. The molecule has 0 radical (unpaired) electrons. The summed E-state index contributed by atoms with van der Waals surface area (Å²) in [5, 5.41) is 3.56. The second-order valence-electron chi connectivity index (χ2n) is 5.33. The van der Waals surface area contributed by atoms with E-state index in [9.17, 15) is 0 Å². The SMILES string of the molecule is CCCCCCC(C)NCc1cn2ccccc2n1. The third-order valence-electron chi connectivity index (χ3n) is 3.54. The summed E-state index contributed by atoms with van der Waals surface area (Å²) in [6.07, 6.45) is 10.8. The van der Waals surface area contributed by atoms with Gasteiger partial charge < -0.3 is 9.72 Å². The predicted molar refractivity (Wildman–Crippen MR) is 80.3 cm³/mol. The highest BCUT2D eigenvalue weighted by Gasteiger charge is 2.04. The second kappa shape index (κ2) is 7.29. The van der Waals surface area contributed by atoms with Gasteiger partial charge in [0.25, 0.3) is 0 Å². The molecule has 2 rings (SSSR count). The molecule has 104 valence electrons. The lowest BCUT2D eigenvalue weighted by molar-refractivity contribution is 0.480. The van der Waals surface area contributed by atoms with Gasteiger partial charge in [-0.1, -0.05) is 38.7 Å². The van der Waals surface area contributed by atoms with Crippen LogP contribution >= 0.6 is 0 Å². The topological polar surface area (TPSA) is 29.3 Å². The van der Waals surface area contributed by atoms with E-state index in [0.717, 1.165) is 17.9 Å². The van der Waals surface area contributed by atoms with Crippen LogP contribution in [-0.2, 0) is 6.54 Å². The van der Waals surface area contributed by atoms with Crippen LogP contribution in [0.5, 0.6) is 0 Å². The zero-order valence-electron chi connectivity index (χ0n) is 12.1. The van der Waals surface area contributed by atoms with Crippen molar-refractivity contribution in [3.63, 3.8) is 0 Å². The molecule has 1 atom stereocenters. The summed E-state index contributed by atoms with van der Waals surface area (Å²) in [6.45, 7) is 5.38. The van der Waals surface area contributed by atoms with Crippen molar-refractivity contribution in [2.45, 2.75) is 58.5 Å². The van der Waals surface area contributed by atoms with Crippen molar-refractivity contribution in [2.75, 3.05) is 0 Å². The first-order valence-corrected chi connectivity index (χ1v) is 7.45. The number of nitrogens with one attached hydrogen (secondary N) is 1. The molecule has 0 aliphatic rings. The summed E-state index contributed by atoms with van der Waals surface area (Å²) in [6, 6.07) is 6.66. The van der Waals surface area contributed by atoms with E-state index in [4.69, 9.17) is 0 Å². The second-order valence-corrected chi connectivity index (χ2v) is 5.33. The minimum Gasteiger partial charge on any atom is -0.309 e. The predicted octanol–water partition coefficient (Wildman–Crippen LogP) is 3.78. The van der Waals surface area contributed by atoms with Gasteiger partial charge in [0.1, 0.15) is 5.65 Å². The number of aromatic nitrogens is 2. The molecule has 3 nitrogen and oxygen atoms in total. The van der Waals surface area contributed by atoms with Crippen LogP contribution in [-0.4, -0.2) is 15.4 Å². The Kier molecular flexibility index (Phi) is 5.40. The molecule has 3 heteroatoms. The van der Waals surface area contributed by atoms with Gasteiger partial charge in [-0.3, -0.25) is 0 Å². The average molecular weight is 259 g/mol. The summed E-state index contributed by atoms with van der Waals surface area (Å²) in [5.74, 6) is 0. The molecule has 1 N–H and O–H groups in total. The fourth-order valence-electron chi connectivity index (χ4n) is 2.33. The van der Waals surface area contributed by atoms with Crippen molar-refractivity contribution in [3.8, 4) is 0 Å². The van der Waals surface area contributed by atoms with E-state index in [-0.39, 0.29) is 0 Å². The number of rotatable bonds is 8. The number of hydrogen-bond acceptors (Lipinski definition) is 2. The van der Waals surface area contributed by atoms with Gasteiger partial charge in [0.05, 0.1) is 5.69 Å². The first-order valence-electron chi connectivity index (χ1n) is 7.45. The fourth-order valence-corrected chi connectivity index (χ4v) is 2.33. The number of fused-ring (bicyclic) bond motifs is 1. The van der Waals surface area contributed by atoms with Crippen LogP contribution in [0.15, 0.2) is 30.6 Å². The average Bonchev–Trinajstić information content (AvgIpc) is 2.84. The molecule has 2 heterocycles. The van der Waals surface area contributed by atoms with Gasteiger partial charge in [-0.15, -0.1) is 0 Å². The molecule has 0 aliphatic heterocycles. The minimum absolute atomic E-state index is 0.571. The standard InChI is InChI=1S/C16H25N3/c1-3-4-5-6-9-14(2)17-12-15-13-19-11-8-7-10-16(19)18-15/h7-8,10-11,13-14,17H,3-6,9,12H2,1-2H3. The summed E-state index contributed by atoms with van der Waals surface area (Å²) >= 11 is 0. The van der Waals surface area contributed by atoms with Crippen LogP contribution in [0.25, 0.3) is 5.65 Å².